The zero-order chi connectivity index (χ0) is 29.8. The maximum atomic E-state index is 13.8. The number of hydrogen-bond acceptors (Lipinski definition) is 4. The van der Waals surface area contributed by atoms with Crippen molar-refractivity contribution in [3.63, 3.8) is 0 Å². The molecule has 220 valence electrons. The Balaban J connectivity index is 1.86. The van der Waals surface area contributed by atoms with Gasteiger partial charge in [0, 0.05) is 42.5 Å². The summed E-state index contributed by atoms with van der Waals surface area (Å²) in [6, 6.07) is 22.5. The second-order valence-corrected chi connectivity index (χ2v) is 12.7. The highest BCUT2D eigenvalue weighted by Crippen LogP contribution is 2.22. The molecule has 0 heterocycles. The molecule has 0 radical (unpaired) electrons. The summed E-state index contributed by atoms with van der Waals surface area (Å²) in [4.78, 5) is 28.9. The molecular weight excluding hydrogens is 581 g/mol. The predicted octanol–water partition coefficient (Wildman–Crippen LogP) is 6.10. The lowest BCUT2D eigenvalue weighted by Gasteiger charge is -2.32. The van der Waals surface area contributed by atoms with Gasteiger partial charge in [-0.05, 0) is 60.4 Å². The number of halogens is 2. The van der Waals surface area contributed by atoms with Crippen molar-refractivity contribution in [3.05, 3.63) is 100 Å². The largest absolute Gasteiger partial charge is 0.354 e. The number of amides is 2. The molecule has 0 saturated heterocycles. The van der Waals surface area contributed by atoms with Crippen molar-refractivity contribution in [2.75, 3.05) is 23.7 Å². The second-order valence-electron chi connectivity index (χ2n) is 9.91. The van der Waals surface area contributed by atoms with Crippen LogP contribution in [0.3, 0.4) is 0 Å². The third-order valence-electron chi connectivity index (χ3n) is 6.63. The summed E-state index contributed by atoms with van der Waals surface area (Å²) in [6.07, 6.45) is 3.56. The van der Waals surface area contributed by atoms with Crippen LogP contribution in [0, 0.1) is 0 Å². The van der Waals surface area contributed by atoms with E-state index in [4.69, 9.17) is 23.2 Å². The van der Waals surface area contributed by atoms with Gasteiger partial charge in [-0.25, -0.2) is 8.42 Å². The quantitative estimate of drug-likeness (QED) is 0.209. The second kappa shape index (κ2) is 15.8. The van der Waals surface area contributed by atoms with Crippen LogP contribution in [0.1, 0.15) is 43.7 Å². The standard InChI is InChI=1S/C31H37Cl2N3O4S/c1-3-4-20-34-31(38)29(22-24-9-6-5-7-10-24)35(23-25-12-14-26(32)15-13-25)30(37)11-8-21-36(41(2,39)40)28-18-16-27(33)17-19-28/h5-7,9-10,12-19,29H,3-4,8,11,20-23H2,1-2H3,(H,34,38)/t29-/m1/s1. The topological polar surface area (TPSA) is 86.8 Å². The molecule has 0 fully saturated rings. The summed E-state index contributed by atoms with van der Waals surface area (Å²) in [5.41, 5.74) is 2.24. The van der Waals surface area contributed by atoms with Gasteiger partial charge in [-0.3, -0.25) is 13.9 Å². The van der Waals surface area contributed by atoms with Crippen LogP contribution in [0.15, 0.2) is 78.9 Å². The van der Waals surface area contributed by atoms with Gasteiger partial charge in [-0.15, -0.1) is 0 Å². The lowest BCUT2D eigenvalue weighted by molar-refractivity contribution is -0.141. The Labute approximate surface area is 253 Å². The van der Waals surface area contributed by atoms with Crippen LogP contribution >= 0.6 is 23.2 Å². The van der Waals surface area contributed by atoms with Gasteiger partial charge in [-0.2, -0.15) is 0 Å². The van der Waals surface area contributed by atoms with E-state index < -0.39 is 16.1 Å². The number of anilines is 1. The number of carbonyl (C=O) groups excluding carboxylic acids is 2. The number of nitrogens with one attached hydrogen (secondary N) is 1. The Hall–Kier alpha value is -3.07. The van der Waals surface area contributed by atoms with Crippen LogP contribution in [-0.2, 0) is 32.6 Å². The van der Waals surface area contributed by atoms with Gasteiger partial charge in [0.1, 0.15) is 6.04 Å². The molecule has 0 aliphatic carbocycles. The summed E-state index contributed by atoms with van der Waals surface area (Å²) in [7, 11) is -3.60. The first-order valence-electron chi connectivity index (χ1n) is 13.7. The lowest BCUT2D eigenvalue weighted by Crippen LogP contribution is -2.50. The number of hydrogen-bond donors (Lipinski definition) is 1. The molecule has 0 unspecified atom stereocenters. The van der Waals surface area contributed by atoms with Crippen molar-refractivity contribution in [2.24, 2.45) is 0 Å². The highest BCUT2D eigenvalue weighted by Gasteiger charge is 2.30. The maximum absolute atomic E-state index is 13.8. The maximum Gasteiger partial charge on any atom is 0.243 e. The van der Waals surface area contributed by atoms with E-state index >= 15 is 0 Å². The minimum atomic E-state index is -3.60. The predicted molar refractivity (Wildman–Crippen MR) is 167 cm³/mol. The summed E-state index contributed by atoms with van der Waals surface area (Å²) in [5.74, 6) is -0.459. The van der Waals surface area contributed by atoms with Crippen molar-refractivity contribution in [3.8, 4) is 0 Å². The number of sulfonamides is 1. The van der Waals surface area contributed by atoms with Gasteiger partial charge >= 0.3 is 0 Å². The molecule has 0 saturated carbocycles. The summed E-state index contributed by atoms with van der Waals surface area (Å²) in [6.45, 7) is 2.89. The van der Waals surface area contributed by atoms with E-state index in [-0.39, 0.29) is 37.7 Å². The van der Waals surface area contributed by atoms with Crippen LogP contribution < -0.4 is 9.62 Å². The van der Waals surface area contributed by atoms with Gasteiger partial charge in [-0.1, -0.05) is 79.0 Å². The van der Waals surface area contributed by atoms with Crippen LogP contribution in [0.4, 0.5) is 5.69 Å². The van der Waals surface area contributed by atoms with E-state index in [0.29, 0.717) is 28.7 Å². The number of rotatable bonds is 15. The zero-order valence-corrected chi connectivity index (χ0v) is 25.8. The molecule has 7 nitrogen and oxygen atoms in total. The van der Waals surface area contributed by atoms with Crippen LogP contribution in [-0.4, -0.2) is 50.5 Å². The Morgan fingerprint density at radius 2 is 1.46 bits per heavy atom. The molecule has 2 amide bonds. The van der Waals surface area contributed by atoms with E-state index in [2.05, 4.69) is 5.32 Å². The summed E-state index contributed by atoms with van der Waals surface area (Å²) >= 11 is 12.1. The fourth-order valence-electron chi connectivity index (χ4n) is 4.46. The van der Waals surface area contributed by atoms with E-state index in [1.54, 1.807) is 41.3 Å². The first kappa shape index (κ1) is 32.4. The van der Waals surface area contributed by atoms with Crippen molar-refractivity contribution in [1.29, 1.82) is 0 Å². The zero-order valence-electron chi connectivity index (χ0n) is 23.4. The minimum Gasteiger partial charge on any atom is -0.354 e. The monoisotopic (exact) mass is 617 g/mol. The minimum absolute atomic E-state index is 0.0563. The van der Waals surface area contributed by atoms with Gasteiger partial charge < -0.3 is 10.2 Å². The molecule has 0 bridgehead atoms. The normalized spacial score (nSPS) is 12.0. The van der Waals surface area contributed by atoms with Crippen LogP contribution in [0.25, 0.3) is 0 Å². The van der Waals surface area contributed by atoms with Crippen molar-refractivity contribution >= 4 is 50.7 Å². The Bertz CT molecular complexity index is 1370. The van der Waals surface area contributed by atoms with E-state index in [9.17, 15) is 18.0 Å². The Kier molecular flexibility index (Phi) is 12.5. The molecular formula is C31H37Cl2N3O4S. The van der Waals surface area contributed by atoms with E-state index in [1.807, 2.05) is 49.4 Å². The first-order valence-corrected chi connectivity index (χ1v) is 16.3. The average molecular weight is 619 g/mol. The third-order valence-corrected chi connectivity index (χ3v) is 8.33. The number of carbonyl (C=O) groups is 2. The summed E-state index contributed by atoms with van der Waals surface area (Å²) in [5, 5.41) is 4.08. The average Bonchev–Trinajstić information content (AvgIpc) is 2.94. The molecule has 10 heteroatoms. The molecule has 1 atom stereocenters. The molecule has 0 aliphatic rings. The number of nitrogens with zero attached hydrogens (tertiary/aromatic N) is 2. The molecule has 0 aromatic heterocycles. The van der Waals surface area contributed by atoms with Gasteiger partial charge in [0.15, 0.2) is 0 Å². The van der Waals surface area contributed by atoms with Gasteiger partial charge in [0.05, 0.1) is 11.9 Å². The van der Waals surface area contributed by atoms with Crippen molar-refractivity contribution in [2.45, 2.75) is 51.6 Å². The van der Waals surface area contributed by atoms with Gasteiger partial charge in [0.25, 0.3) is 0 Å². The molecule has 41 heavy (non-hydrogen) atoms. The number of unbranched alkanes of at least 4 members (excludes halogenated alkanes) is 1. The fraction of sp³-hybridized carbons (Fsp3) is 0.355. The van der Waals surface area contributed by atoms with E-state index in [0.717, 1.165) is 30.2 Å². The van der Waals surface area contributed by atoms with E-state index in [1.165, 1.54) is 4.31 Å². The highest BCUT2D eigenvalue weighted by atomic mass is 35.5. The SMILES string of the molecule is CCCCNC(=O)[C@@H](Cc1ccccc1)N(Cc1ccc(Cl)cc1)C(=O)CCCN(c1ccc(Cl)cc1)S(C)(=O)=O. The Morgan fingerprint density at radius 3 is 2.05 bits per heavy atom. The van der Waals surface area contributed by atoms with Gasteiger partial charge in [0.2, 0.25) is 21.8 Å². The fourth-order valence-corrected chi connectivity index (χ4v) is 5.68. The van der Waals surface area contributed by atoms with Crippen molar-refractivity contribution < 1.29 is 18.0 Å². The molecule has 1 N–H and O–H groups in total. The highest BCUT2D eigenvalue weighted by molar-refractivity contribution is 7.92. The Morgan fingerprint density at radius 1 is 0.854 bits per heavy atom. The summed E-state index contributed by atoms with van der Waals surface area (Å²) < 4.78 is 26.4. The lowest BCUT2D eigenvalue weighted by atomic mass is 10.0. The smallest absolute Gasteiger partial charge is 0.243 e. The molecule has 3 aromatic rings. The molecule has 0 spiro atoms. The molecule has 3 aromatic carbocycles. The molecule has 3 rings (SSSR count). The van der Waals surface area contributed by atoms with Crippen LogP contribution in [0.2, 0.25) is 10.0 Å². The van der Waals surface area contributed by atoms with Crippen molar-refractivity contribution in [1.82, 2.24) is 10.2 Å². The first-order chi connectivity index (χ1) is 19.6. The number of benzene rings is 3. The third kappa shape index (κ3) is 10.4. The molecule has 0 aliphatic heterocycles. The van der Waals surface area contributed by atoms with Crippen LogP contribution in [0.5, 0.6) is 0 Å².